The van der Waals surface area contributed by atoms with E-state index in [1.807, 2.05) is 23.2 Å². The Morgan fingerprint density at radius 1 is 1.28 bits per heavy atom. The van der Waals surface area contributed by atoms with Gasteiger partial charge in [-0.15, -0.1) is 0 Å². The van der Waals surface area contributed by atoms with Gasteiger partial charge >= 0.3 is 0 Å². The van der Waals surface area contributed by atoms with Crippen LogP contribution in [0.2, 0.25) is 0 Å². The van der Waals surface area contributed by atoms with Crippen LogP contribution >= 0.6 is 0 Å². The Morgan fingerprint density at radius 2 is 2.16 bits per heavy atom. The Balaban J connectivity index is 1.41. The number of carbonyl (C=O) groups is 1. The fraction of sp³-hybridized carbons (Fsp3) is 0.474. The van der Waals surface area contributed by atoms with Crippen molar-refractivity contribution < 1.29 is 9.53 Å². The van der Waals surface area contributed by atoms with Crippen molar-refractivity contribution in [1.29, 1.82) is 0 Å². The van der Waals surface area contributed by atoms with E-state index < -0.39 is 0 Å². The third-order valence-corrected chi connectivity index (χ3v) is 5.47. The SMILES string of the molecule is O=C(c1ncccn1)N1C[C@@H]2CCC[C@]2(COCc2cccnc2)C1. The van der Waals surface area contributed by atoms with Crippen LogP contribution < -0.4 is 0 Å². The molecule has 0 spiro atoms. The van der Waals surface area contributed by atoms with Crippen molar-refractivity contribution in [2.24, 2.45) is 11.3 Å². The van der Waals surface area contributed by atoms with E-state index in [4.69, 9.17) is 4.74 Å². The number of fused-ring (bicyclic) bond motifs is 1. The summed E-state index contributed by atoms with van der Waals surface area (Å²) in [5.41, 5.74) is 1.16. The zero-order valence-corrected chi connectivity index (χ0v) is 14.2. The summed E-state index contributed by atoms with van der Waals surface area (Å²) in [6.45, 7) is 2.78. The highest BCUT2D eigenvalue weighted by atomic mass is 16.5. The number of pyridine rings is 1. The van der Waals surface area contributed by atoms with Gasteiger partial charge in [-0.2, -0.15) is 0 Å². The Labute approximate surface area is 147 Å². The molecule has 3 heterocycles. The minimum absolute atomic E-state index is 0.0679. The minimum Gasteiger partial charge on any atom is -0.376 e. The van der Waals surface area contributed by atoms with Gasteiger partial charge in [0.25, 0.3) is 5.91 Å². The molecule has 0 bridgehead atoms. The number of carbonyl (C=O) groups excluding carboxylic acids is 1. The number of rotatable bonds is 5. The lowest BCUT2D eigenvalue weighted by atomic mass is 9.81. The number of hydrogen-bond acceptors (Lipinski definition) is 5. The maximum Gasteiger partial charge on any atom is 0.291 e. The van der Waals surface area contributed by atoms with Gasteiger partial charge in [-0.1, -0.05) is 12.5 Å². The quantitative estimate of drug-likeness (QED) is 0.837. The summed E-state index contributed by atoms with van der Waals surface area (Å²) in [6, 6.07) is 5.67. The molecular formula is C19H22N4O2. The smallest absolute Gasteiger partial charge is 0.291 e. The molecule has 1 saturated carbocycles. The van der Waals surface area contributed by atoms with Crippen LogP contribution in [0.4, 0.5) is 0 Å². The van der Waals surface area contributed by atoms with Crippen LogP contribution in [-0.2, 0) is 11.3 Å². The minimum atomic E-state index is -0.0679. The van der Waals surface area contributed by atoms with E-state index in [9.17, 15) is 4.79 Å². The third-order valence-electron chi connectivity index (χ3n) is 5.47. The fourth-order valence-electron chi connectivity index (χ4n) is 4.21. The van der Waals surface area contributed by atoms with Gasteiger partial charge in [0, 0.05) is 43.3 Å². The maximum absolute atomic E-state index is 12.7. The molecule has 1 aliphatic carbocycles. The number of hydrogen-bond donors (Lipinski definition) is 0. The molecule has 2 aromatic rings. The number of ether oxygens (including phenoxy) is 1. The second-order valence-corrected chi connectivity index (χ2v) is 7.06. The lowest BCUT2D eigenvalue weighted by Gasteiger charge is -2.28. The van der Waals surface area contributed by atoms with E-state index in [-0.39, 0.29) is 17.1 Å². The van der Waals surface area contributed by atoms with E-state index in [1.54, 1.807) is 24.7 Å². The standard InChI is InChI=1S/C19H22N4O2/c24-18(17-21-8-3-9-22-17)23-11-16-5-1-6-19(16,13-23)14-25-12-15-4-2-7-20-10-15/h2-4,7-10,16H,1,5-6,11-14H2/t16-,19+/m0/s1. The summed E-state index contributed by atoms with van der Waals surface area (Å²) in [6.07, 6.45) is 10.3. The molecule has 6 heteroatoms. The summed E-state index contributed by atoms with van der Waals surface area (Å²) in [5.74, 6) is 0.726. The van der Waals surface area contributed by atoms with Crippen molar-refractivity contribution in [1.82, 2.24) is 19.9 Å². The molecule has 1 amide bonds. The van der Waals surface area contributed by atoms with Crippen LogP contribution in [0.25, 0.3) is 0 Å². The molecule has 2 fully saturated rings. The average Bonchev–Trinajstić information content (AvgIpc) is 3.20. The second kappa shape index (κ2) is 6.88. The molecule has 0 aromatic carbocycles. The van der Waals surface area contributed by atoms with Crippen molar-refractivity contribution >= 4 is 5.91 Å². The van der Waals surface area contributed by atoms with Crippen molar-refractivity contribution in [3.05, 3.63) is 54.4 Å². The topological polar surface area (TPSA) is 68.2 Å². The lowest BCUT2D eigenvalue weighted by molar-refractivity contribution is 0.0263. The number of likely N-dealkylation sites (tertiary alicyclic amines) is 1. The van der Waals surface area contributed by atoms with Gasteiger partial charge in [-0.05, 0) is 36.5 Å². The van der Waals surface area contributed by atoms with Gasteiger partial charge in [0.2, 0.25) is 5.82 Å². The van der Waals surface area contributed by atoms with Crippen molar-refractivity contribution in [2.75, 3.05) is 19.7 Å². The Hall–Kier alpha value is -2.34. The van der Waals surface area contributed by atoms with E-state index in [2.05, 4.69) is 15.0 Å². The molecule has 0 N–H and O–H groups in total. The van der Waals surface area contributed by atoms with E-state index >= 15 is 0 Å². The van der Waals surface area contributed by atoms with Crippen LogP contribution in [0.15, 0.2) is 43.0 Å². The Bertz CT molecular complexity index is 725. The van der Waals surface area contributed by atoms with Gasteiger partial charge in [-0.3, -0.25) is 9.78 Å². The van der Waals surface area contributed by atoms with Crippen molar-refractivity contribution in [3.8, 4) is 0 Å². The predicted octanol–water partition coefficient (Wildman–Crippen LogP) is 2.33. The van der Waals surface area contributed by atoms with E-state index in [0.717, 1.165) is 31.5 Å². The van der Waals surface area contributed by atoms with Crippen LogP contribution in [0.1, 0.15) is 35.4 Å². The summed E-state index contributed by atoms with van der Waals surface area (Å²) in [5, 5.41) is 0. The zero-order chi connectivity index (χ0) is 17.1. The predicted molar refractivity (Wildman–Crippen MR) is 91.6 cm³/mol. The van der Waals surface area contributed by atoms with Gasteiger partial charge in [-0.25, -0.2) is 9.97 Å². The van der Waals surface area contributed by atoms with Gasteiger partial charge in [0.15, 0.2) is 0 Å². The molecule has 2 atom stereocenters. The lowest BCUT2D eigenvalue weighted by Crippen LogP contribution is -2.35. The highest BCUT2D eigenvalue weighted by Gasteiger charge is 2.51. The van der Waals surface area contributed by atoms with Crippen LogP contribution in [0.3, 0.4) is 0 Å². The largest absolute Gasteiger partial charge is 0.376 e. The molecule has 0 radical (unpaired) electrons. The molecule has 1 saturated heterocycles. The van der Waals surface area contributed by atoms with Crippen LogP contribution in [-0.4, -0.2) is 45.5 Å². The Morgan fingerprint density at radius 3 is 2.96 bits per heavy atom. The monoisotopic (exact) mass is 338 g/mol. The summed E-state index contributed by atoms with van der Waals surface area (Å²) >= 11 is 0. The first-order valence-electron chi connectivity index (χ1n) is 8.80. The molecule has 130 valence electrons. The Kier molecular flexibility index (Phi) is 4.44. The third kappa shape index (κ3) is 3.26. The maximum atomic E-state index is 12.7. The fourth-order valence-corrected chi connectivity index (χ4v) is 4.21. The first-order valence-corrected chi connectivity index (χ1v) is 8.80. The van der Waals surface area contributed by atoms with Gasteiger partial charge < -0.3 is 9.64 Å². The molecule has 4 rings (SSSR count). The second-order valence-electron chi connectivity index (χ2n) is 7.06. The van der Waals surface area contributed by atoms with Crippen LogP contribution in [0, 0.1) is 11.3 Å². The van der Waals surface area contributed by atoms with E-state index in [1.165, 1.54) is 6.42 Å². The molecule has 25 heavy (non-hydrogen) atoms. The zero-order valence-electron chi connectivity index (χ0n) is 14.2. The van der Waals surface area contributed by atoms with Crippen LogP contribution in [0.5, 0.6) is 0 Å². The summed E-state index contributed by atoms with van der Waals surface area (Å²) in [4.78, 5) is 26.9. The molecule has 6 nitrogen and oxygen atoms in total. The normalized spacial score (nSPS) is 25.1. The van der Waals surface area contributed by atoms with Gasteiger partial charge in [0.05, 0.1) is 13.2 Å². The summed E-state index contributed by atoms with van der Waals surface area (Å²) in [7, 11) is 0. The first-order chi connectivity index (χ1) is 12.3. The number of aromatic nitrogens is 3. The van der Waals surface area contributed by atoms with Crippen molar-refractivity contribution in [2.45, 2.75) is 25.9 Å². The average molecular weight is 338 g/mol. The molecule has 2 aliphatic rings. The molecule has 2 aromatic heterocycles. The molecule has 0 unspecified atom stereocenters. The first kappa shape index (κ1) is 16.1. The van der Waals surface area contributed by atoms with Crippen molar-refractivity contribution in [3.63, 3.8) is 0 Å². The molecular weight excluding hydrogens is 316 g/mol. The molecule has 1 aliphatic heterocycles. The summed E-state index contributed by atoms with van der Waals surface area (Å²) < 4.78 is 6.03. The highest BCUT2D eigenvalue weighted by Crippen LogP contribution is 2.49. The number of nitrogens with zero attached hydrogens (tertiary/aromatic N) is 4. The number of amides is 1. The van der Waals surface area contributed by atoms with Gasteiger partial charge in [0.1, 0.15) is 0 Å². The highest BCUT2D eigenvalue weighted by molar-refractivity contribution is 5.90. The van der Waals surface area contributed by atoms with E-state index in [0.29, 0.717) is 19.1 Å².